The van der Waals surface area contributed by atoms with Crippen molar-refractivity contribution in [3.05, 3.63) is 33.9 Å². The Morgan fingerprint density at radius 2 is 2.08 bits per heavy atom. The number of carbonyl (C=O) groups is 1. The molecule has 0 atom stereocenters. The Morgan fingerprint density at radius 1 is 1.38 bits per heavy atom. The summed E-state index contributed by atoms with van der Waals surface area (Å²) in [4.78, 5) is 26.8. The summed E-state index contributed by atoms with van der Waals surface area (Å²) >= 11 is 0. The fourth-order valence-electron chi connectivity index (χ4n) is 2.62. The molecule has 24 heavy (non-hydrogen) atoms. The highest BCUT2D eigenvalue weighted by Gasteiger charge is 2.18. The summed E-state index contributed by atoms with van der Waals surface area (Å²) in [6.07, 6.45) is 0.837. The van der Waals surface area contributed by atoms with E-state index in [-0.39, 0.29) is 11.6 Å². The first kappa shape index (κ1) is 18.2. The molecule has 0 aliphatic carbocycles. The van der Waals surface area contributed by atoms with Crippen LogP contribution in [0.25, 0.3) is 0 Å². The van der Waals surface area contributed by atoms with Gasteiger partial charge in [0.1, 0.15) is 5.69 Å². The maximum Gasteiger partial charge on any atom is 0.293 e. The lowest BCUT2D eigenvalue weighted by Crippen LogP contribution is -2.38. The number of amides is 1. The third kappa shape index (κ3) is 4.90. The number of nitro benzene ring substituents is 1. The molecule has 0 bridgehead atoms. The van der Waals surface area contributed by atoms with Crippen LogP contribution in [0.4, 0.5) is 11.4 Å². The van der Waals surface area contributed by atoms with Gasteiger partial charge in [-0.25, -0.2) is 0 Å². The number of rotatable bonds is 7. The largest absolute Gasteiger partial charge is 0.379 e. The van der Waals surface area contributed by atoms with Crippen LogP contribution >= 0.6 is 0 Å². The van der Waals surface area contributed by atoms with Crippen molar-refractivity contribution in [1.82, 2.24) is 10.2 Å². The third-order valence-corrected chi connectivity index (χ3v) is 3.96. The van der Waals surface area contributed by atoms with Crippen molar-refractivity contribution >= 4 is 17.3 Å². The number of benzene rings is 1. The third-order valence-electron chi connectivity index (χ3n) is 3.96. The Kier molecular flexibility index (Phi) is 6.51. The van der Waals surface area contributed by atoms with Crippen LogP contribution in [0.15, 0.2) is 18.2 Å². The van der Waals surface area contributed by atoms with E-state index >= 15 is 0 Å². The number of hydrogen-bond donors (Lipinski definition) is 1. The van der Waals surface area contributed by atoms with Crippen molar-refractivity contribution in [2.75, 3.05) is 58.4 Å². The summed E-state index contributed by atoms with van der Waals surface area (Å²) < 4.78 is 5.29. The molecule has 0 aromatic heterocycles. The zero-order chi connectivity index (χ0) is 17.5. The fraction of sp³-hybridized carbons (Fsp3) is 0.562. The average molecular weight is 336 g/mol. The Labute approximate surface area is 141 Å². The molecular formula is C16H24N4O4. The van der Waals surface area contributed by atoms with E-state index in [2.05, 4.69) is 10.2 Å². The summed E-state index contributed by atoms with van der Waals surface area (Å²) in [7, 11) is 3.46. The standard InChI is InChI=1S/C16H24N4O4/c1-18(2)14-5-4-13(12-15(14)20(22)23)16(21)17-6-3-7-19-8-10-24-11-9-19/h4-5,12H,3,6-11H2,1-2H3,(H,17,21). The molecule has 1 fully saturated rings. The number of ether oxygens (including phenoxy) is 1. The van der Waals surface area contributed by atoms with Gasteiger partial charge in [-0.05, 0) is 25.1 Å². The number of morpholine rings is 1. The minimum atomic E-state index is -0.468. The zero-order valence-electron chi connectivity index (χ0n) is 14.2. The Balaban J connectivity index is 1.87. The quantitative estimate of drug-likeness (QED) is 0.456. The van der Waals surface area contributed by atoms with Crippen LogP contribution in [-0.2, 0) is 4.74 Å². The van der Waals surface area contributed by atoms with Gasteiger partial charge in [0.2, 0.25) is 0 Å². The van der Waals surface area contributed by atoms with Crippen LogP contribution in [-0.4, -0.2) is 69.2 Å². The Hall–Kier alpha value is -2.19. The topological polar surface area (TPSA) is 88.0 Å². The monoisotopic (exact) mass is 336 g/mol. The molecule has 0 spiro atoms. The van der Waals surface area contributed by atoms with E-state index in [1.807, 2.05) is 0 Å². The molecule has 132 valence electrons. The summed E-state index contributed by atoms with van der Waals surface area (Å²) in [6.45, 7) is 4.81. The van der Waals surface area contributed by atoms with E-state index in [0.29, 0.717) is 17.8 Å². The Bertz CT molecular complexity index is 585. The molecule has 1 amide bonds. The van der Waals surface area contributed by atoms with Gasteiger partial charge in [-0.2, -0.15) is 0 Å². The van der Waals surface area contributed by atoms with Gasteiger partial charge in [-0.3, -0.25) is 19.8 Å². The van der Waals surface area contributed by atoms with E-state index < -0.39 is 4.92 Å². The molecule has 8 heteroatoms. The van der Waals surface area contributed by atoms with Gasteiger partial charge < -0.3 is 15.0 Å². The van der Waals surface area contributed by atoms with Gasteiger partial charge in [0, 0.05) is 45.4 Å². The molecule has 1 aliphatic heterocycles. The first-order chi connectivity index (χ1) is 11.5. The molecule has 1 aromatic rings. The van der Waals surface area contributed by atoms with E-state index in [0.717, 1.165) is 39.3 Å². The van der Waals surface area contributed by atoms with Gasteiger partial charge in [0.25, 0.3) is 11.6 Å². The summed E-state index contributed by atoms with van der Waals surface area (Å²) in [5.41, 5.74) is 0.712. The van der Waals surface area contributed by atoms with Gasteiger partial charge >= 0.3 is 0 Å². The van der Waals surface area contributed by atoms with Crippen molar-refractivity contribution in [2.24, 2.45) is 0 Å². The lowest BCUT2D eigenvalue weighted by molar-refractivity contribution is -0.384. The SMILES string of the molecule is CN(C)c1ccc(C(=O)NCCCN2CCOCC2)cc1[N+](=O)[O-]. The Morgan fingerprint density at radius 3 is 2.71 bits per heavy atom. The normalized spacial score (nSPS) is 15.1. The molecule has 1 aromatic carbocycles. The highest BCUT2D eigenvalue weighted by molar-refractivity contribution is 5.95. The number of nitrogens with zero attached hydrogens (tertiary/aromatic N) is 3. The van der Waals surface area contributed by atoms with E-state index in [4.69, 9.17) is 4.74 Å². The van der Waals surface area contributed by atoms with Crippen molar-refractivity contribution in [3.63, 3.8) is 0 Å². The van der Waals surface area contributed by atoms with E-state index in [9.17, 15) is 14.9 Å². The number of anilines is 1. The molecule has 1 heterocycles. The fourth-order valence-corrected chi connectivity index (χ4v) is 2.62. The molecule has 1 aliphatic rings. The summed E-state index contributed by atoms with van der Waals surface area (Å²) in [5, 5.41) is 14.0. The summed E-state index contributed by atoms with van der Waals surface area (Å²) in [6, 6.07) is 4.53. The van der Waals surface area contributed by atoms with Crippen LogP contribution < -0.4 is 10.2 Å². The lowest BCUT2D eigenvalue weighted by atomic mass is 10.1. The van der Waals surface area contributed by atoms with Gasteiger partial charge in [-0.15, -0.1) is 0 Å². The van der Waals surface area contributed by atoms with E-state index in [1.54, 1.807) is 31.1 Å². The van der Waals surface area contributed by atoms with Crippen LogP contribution in [0.2, 0.25) is 0 Å². The molecule has 1 saturated heterocycles. The van der Waals surface area contributed by atoms with Gasteiger partial charge in [-0.1, -0.05) is 0 Å². The second kappa shape index (κ2) is 8.60. The first-order valence-electron chi connectivity index (χ1n) is 8.03. The predicted octanol–water partition coefficient (Wildman–Crippen LogP) is 1.11. The number of nitrogens with one attached hydrogen (secondary N) is 1. The molecule has 2 rings (SSSR count). The van der Waals surface area contributed by atoms with Gasteiger partial charge in [0.05, 0.1) is 18.1 Å². The van der Waals surface area contributed by atoms with Crippen molar-refractivity contribution < 1.29 is 14.5 Å². The predicted molar refractivity (Wildman–Crippen MR) is 91.6 cm³/mol. The van der Waals surface area contributed by atoms with Crippen molar-refractivity contribution in [1.29, 1.82) is 0 Å². The maximum atomic E-state index is 12.2. The van der Waals surface area contributed by atoms with Crippen LogP contribution in [0.3, 0.4) is 0 Å². The van der Waals surface area contributed by atoms with E-state index in [1.165, 1.54) is 6.07 Å². The van der Waals surface area contributed by atoms with Crippen LogP contribution in [0.1, 0.15) is 16.8 Å². The number of hydrogen-bond acceptors (Lipinski definition) is 6. The number of carbonyl (C=O) groups excluding carboxylic acids is 1. The average Bonchev–Trinajstić information content (AvgIpc) is 2.58. The highest BCUT2D eigenvalue weighted by atomic mass is 16.6. The minimum absolute atomic E-state index is 0.0685. The lowest BCUT2D eigenvalue weighted by Gasteiger charge is -2.26. The molecule has 0 unspecified atom stereocenters. The molecule has 1 N–H and O–H groups in total. The molecule has 0 saturated carbocycles. The zero-order valence-corrected chi connectivity index (χ0v) is 14.2. The first-order valence-corrected chi connectivity index (χ1v) is 8.03. The van der Waals surface area contributed by atoms with Gasteiger partial charge in [0.15, 0.2) is 0 Å². The molecular weight excluding hydrogens is 312 g/mol. The minimum Gasteiger partial charge on any atom is -0.379 e. The number of nitro groups is 1. The molecule has 8 nitrogen and oxygen atoms in total. The van der Waals surface area contributed by atoms with Crippen LogP contribution in [0, 0.1) is 10.1 Å². The highest BCUT2D eigenvalue weighted by Crippen LogP contribution is 2.27. The maximum absolute atomic E-state index is 12.2. The van der Waals surface area contributed by atoms with Crippen molar-refractivity contribution in [2.45, 2.75) is 6.42 Å². The summed E-state index contributed by atoms with van der Waals surface area (Å²) in [5.74, 6) is -0.287. The van der Waals surface area contributed by atoms with Crippen LogP contribution in [0.5, 0.6) is 0 Å². The smallest absolute Gasteiger partial charge is 0.293 e. The second-order valence-corrected chi connectivity index (χ2v) is 5.92. The molecule has 0 radical (unpaired) electrons. The second-order valence-electron chi connectivity index (χ2n) is 5.92. The van der Waals surface area contributed by atoms with Crippen molar-refractivity contribution in [3.8, 4) is 0 Å².